The van der Waals surface area contributed by atoms with Crippen molar-refractivity contribution in [3.05, 3.63) is 12.2 Å². The van der Waals surface area contributed by atoms with Crippen molar-refractivity contribution in [3.8, 4) is 0 Å². The van der Waals surface area contributed by atoms with Gasteiger partial charge in [0.25, 0.3) is 0 Å². The normalized spacial score (nSPS) is 11.5. The van der Waals surface area contributed by atoms with Crippen LogP contribution in [0.3, 0.4) is 0 Å². The van der Waals surface area contributed by atoms with Crippen molar-refractivity contribution in [1.29, 1.82) is 0 Å². The summed E-state index contributed by atoms with van der Waals surface area (Å²) in [5.74, 6) is 0. The lowest BCUT2D eigenvalue weighted by molar-refractivity contribution is 0.536. The molecular formula is C22H44. The van der Waals surface area contributed by atoms with Crippen LogP contribution in [0.4, 0.5) is 0 Å². The summed E-state index contributed by atoms with van der Waals surface area (Å²) in [5.41, 5.74) is 0. The molecule has 0 N–H and O–H groups in total. The first-order valence-electron chi connectivity index (χ1n) is 10.6. The van der Waals surface area contributed by atoms with E-state index in [4.69, 9.17) is 0 Å². The monoisotopic (exact) mass is 308 g/mol. The van der Waals surface area contributed by atoms with E-state index in [0.717, 1.165) is 0 Å². The molecule has 0 nitrogen and oxygen atoms in total. The molecule has 0 spiro atoms. The molecule has 0 aromatic rings. The van der Waals surface area contributed by atoms with Gasteiger partial charge in [0, 0.05) is 0 Å². The number of allylic oxidation sites excluding steroid dienone is 2. The third kappa shape index (κ3) is 19.7. The summed E-state index contributed by atoms with van der Waals surface area (Å²) >= 11 is 0. The highest BCUT2D eigenvalue weighted by atomic mass is 14.0. The second-order valence-corrected chi connectivity index (χ2v) is 7.00. The minimum Gasteiger partial charge on any atom is -0.0885 e. The van der Waals surface area contributed by atoms with E-state index in [9.17, 15) is 0 Å². The van der Waals surface area contributed by atoms with Crippen molar-refractivity contribution in [2.24, 2.45) is 0 Å². The van der Waals surface area contributed by atoms with Crippen molar-refractivity contribution in [3.63, 3.8) is 0 Å². The third-order valence-corrected chi connectivity index (χ3v) is 4.62. The average molecular weight is 309 g/mol. The number of rotatable bonds is 18. The molecule has 0 aliphatic rings. The van der Waals surface area contributed by atoms with E-state index >= 15 is 0 Å². The first-order chi connectivity index (χ1) is 10.9. The van der Waals surface area contributed by atoms with Gasteiger partial charge in [-0.1, -0.05) is 122 Å². The van der Waals surface area contributed by atoms with Crippen LogP contribution >= 0.6 is 0 Å². The van der Waals surface area contributed by atoms with Crippen molar-refractivity contribution in [2.45, 2.75) is 129 Å². The Balaban J connectivity index is 2.98. The zero-order valence-electron chi connectivity index (χ0n) is 15.9. The highest BCUT2D eigenvalue weighted by molar-refractivity contribution is 4.81. The highest BCUT2D eigenvalue weighted by Gasteiger charge is 1.93. The molecule has 0 atom stereocenters. The Labute approximate surface area is 142 Å². The van der Waals surface area contributed by atoms with E-state index in [1.54, 1.807) is 0 Å². The summed E-state index contributed by atoms with van der Waals surface area (Å²) < 4.78 is 0. The maximum Gasteiger partial charge on any atom is -0.0351 e. The Morgan fingerprint density at radius 2 is 0.682 bits per heavy atom. The van der Waals surface area contributed by atoms with Gasteiger partial charge in [0.15, 0.2) is 0 Å². The first kappa shape index (κ1) is 21.7. The zero-order chi connectivity index (χ0) is 16.1. The molecule has 0 aliphatic heterocycles. The van der Waals surface area contributed by atoms with Crippen LogP contribution in [0.2, 0.25) is 0 Å². The fraction of sp³-hybridized carbons (Fsp3) is 0.909. The molecule has 0 saturated heterocycles. The van der Waals surface area contributed by atoms with E-state index in [-0.39, 0.29) is 0 Å². The molecule has 0 heterocycles. The molecule has 0 aliphatic carbocycles. The van der Waals surface area contributed by atoms with Gasteiger partial charge in [0.05, 0.1) is 0 Å². The zero-order valence-corrected chi connectivity index (χ0v) is 15.9. The SMILES string of the molecule is CCCC/C=C/CCCCCCCCCCCCCCCC. The molecular weight excluding hydrogens is 264 g/mol. The predicted octanol–water partition coefficient (Wildman–Crippen LogP) is 8.60. The summed E-state index contributed by atoms with van der Waals surface area (Å²) in [6.07, 6.45) is 30.4. The third-order valence-electron chi connectivity index (χ3n) is 4.62. The minimum absolute atomic E-state index is 1.29. The molecule has 0 fully saturated rings. The van der Waals surface area contributed by atoms with Gasteiger partial charge < -0.3 is 0 Å². The van der Waals surface area contributed by atoms with E-state index < -0.39 is 0 Å². The number of hydrogen-bond donors (Lipinski definition) is 0. The quantitative estimate of drug-likeness (QED) is 0.176. The lowest BCUT2D eigenvalue weighted by Gasteiger charge is -2.02. The van der Waals surface area contributed by atoms with Crippen molar-refractivity contribution in [1.82, 2.24) is 0 Å². The second-order valence-electron chi connectivity index (χ2n) is 7.00. The van der Waals surface area contributed by atoms with Crippen molar-refractivity contribution in [2.75, 3.05) is 0 Å². The van der Waals surface area contributed by atoms with E-state index in [1.165, 1.54) is 116 Å². The molecule has 0 rings (SSSR count). The van der Waals surface area contributed by atoms with Gasteiger partial charge in [-0.15, -0.1) is 0 Å². The van der Waals surface area contributed by atoms with Crippen LogP contribution in [0.1, 0.15) is 129 Å². The minimum atomic E-state index is 1.29. The number of unbranched alkanes of at least 4 members (excludes halogenated alkanes) is 16. The molecule has 0 heteroatoms. The van der Waals surface area contributed by atoms with Gasteiger partial charge in [-0.3, -0.25) is 0 Å². The molecule has 0 radical (unpaired) electrons. The lowest BCUT2D eigenvalue weighted by atomic mass is 10.0. The molecule has 0 aromatic carbocycles. The van der Waals surface area contributed by atoms with E-state index in [1.807, 2.05) is 0 Å². The van der Waals surface area contributed by atoms with Crippen LogP contribution in [0.15, 0.2) is 12.2 Å². The lowest BCUT2D eigenvalue weighted by Crippen LogP contribution is -1.83. The van der Waals surface area contributed by atoms with Crippen LogP contribution < -0.4 is 0 Å². The Kier molecular flexibility index (Phi) is 20.5. The molecule has 0 saturated carbocycles. The largest absolute Gasteiger partial charge is 0.0885 e. The smallest absolute Gasteiger partial charge is 0.0351 e. The van der Waals surface area contributed by atoms with E-state index in [2.05, 4.69) is 26.0 Å². The van der Waals surface area contributed by atoms with Crippen molar-refractivity contribution < 1.29 is 0 Å². The summed E-state index contributed by atoms with van der Waals surface area (Å²) in [6.45, 7) is 4.56. The maximum atomic E-state index is 2.40. The summed E-state index contributed by atoms with van der Waals surface area (Å²) in [4.78, 5) is 0. The average Bonchev–Trinajstić information content (AvgIpc) is 2.54. The van der Waals surface area contributed by atoms with Gasteiger partial charge >= 0.3 is 0 Å². The second kappa shape index (κ2) is 20.7. The molecule has 0 aromatic heterocycles. The highest BCUT2D eigenvalue weighted by Crippen LogP contribution is 2.13. The van der Waals surface area contributed by atoms with Gasteiger partial charge in [0.2, 0.25) is 0 Å². The van der Waals surface area contributed by atoms with Crippen LogP contribution in [-0.4, -0.2) is 0 Å². The fourth-order valence-electron chi connectivity index (χ4n) is 3.01. The summed E-state index contributed by atoms with van der Waals surface area (Å²) in [5, 5.41) is 0. The van der Waals surface area contributed by atoms with E-state index in [0.29, 0.717) is 0 Å². The topological polar surface area (TPSA) is 0 Å². The van der Waals surface area contributed by atoms with Gasteiger partial charge in [-0.2, -0.15) is 0 Å². The molecule has 0 unspecified atom stereocenters. The van der Waals surface area contributed by atoms with Gasteiger partial charge in [0.1, 0.15) is 0 Å². The predicted molar refractivity (Wildman–Crippen MR) is 104 cm³/mol. The summed E-state index contributed by atoms with van der Waals surface area (Å²) in [7, 11) is 0. The van der Waals surface area contributed by atoms with Gasteiger partial charge in [-0.05, 0) is 19.3 Å². The van der Waals surface area contributed by atoms with Crippen LogP contribution in [0, 0.1) is 0 Å². The molecule has 0 bridgehead atoms. The Morgan fingerprint density at radius 1 is 0.364 bits per heavy atom. The Morgan fingerprint density at radius 3 is 1.09 bits per heavy atom. The van der Waals surface area contributed by atoms with Crippen molar-refractivity contribution >= 4 is 0 Å². The molecule has 22 heavy (non-hydrogen) atoms. The Hall–Kier alpha value is -0.260. The number of hydrogen-bond acceptors (Lipinski definition) is 0. The van der Waals surface area contributed by atoms with Crippen LogP contribution in [0.25, 0.3) is 0 Å². The van der Waals surface area contributed by atoms with Crippen LogP contribution in [-0.2, 0) is 0 Å². The maximum absolute atomic E-state index is 2.40. The first-order valence-corrected chi connectivity index (χ1v) is 10.6. The molecule has 132 valence electrons. The standard InChI is InChI=1S/C22H44/c1-3-5-7-9-11-13-15-17-19-21-22-20-18-16-14-12-10-8-6-4-2/h9,11H,3-8,10,12-22H2,1-2H3/b11-9+. The van der Waals surface area contributed by atoms with Gasteiger partial charge in [-0.25, -0.2) is 0 Å². The van der Waals surface area contributed by atoms with Crippen LogP contribution in [0.5, 0.6) is 0 Å². The summed E-state index contributed by atoms with van der Waals surface area (Å²) in [6, 6.07) is 0. The fourth-order valence-corrected chi connectivity index (χ4v) is 3.01. The Bertz CT molecular complexity index is 204. The molecule has 0 amide bonds.